The summed E-state index contributed by atoms with van der Waals surface area (Å²) in [4.78, 5) is 11.5. The summed E-state index contributed by atoms with van der Waals surface area (Å²) in [6.45, 7) is 3.95. The third kappa shape index (κ3) is 2.82. The number of hydrogen-bond donors (Lipinski definition) is 0. The van der Waals surface area contributed by atoms with Gasteiger partial charge in [0.2, 0.25) is 5.95 Å². The molecule has 2 aromatic carbocycles. The minimum Gasteiger partial charge on any atom is -0.336 e. The molecular formula is C20H19N3. The van der Waals surface area contributed by atoms with E-state index in [4.69, 9.17) is 4.98 Å². The second-order valence-corrected chi connectivity index (χ2v) is 6.05. The van der Waals surface area contributed by atoms with E-state index in [9.17, 15) is 0 Å². The van der Waals surface area contributed by atoms with Crippen LogP contribution in [0.2, 0.25) is 0 Å². The Bertz CT molecular complexity index is 824. The van der Waals surface area contributed by atoms with Gasteiger partial charge in [-0.3, -0.25) is 0 Å². The summed E-state index contributed by atoms with van der Waals surface area (Å²) in [6.07, 6.45) is 2.91. The summed E-state index contributed by atoms with van der Waals surface area (Å²) in [7, 11) is 0. The standard InChI is InChI=1S/C20H19N3/c1-15-6-8-17(9-7-15)19-10-12-21-20(22-19)23-13-11-16-4-2-3-5-18(16)14-23/h2-10,12H,11,13-14H2,1H3. The topological polar surface area (TPSA) is 29.0 Å². The Balaban J connectivity index is 1.63. The van der Waals surface area contributed by atoms with Crippen molar-refractivity contribution in [1.82, 2.24) is 9.97 Å². The Morgan fingerprint density at radius 1 is 0.913 bits per heavy atom. The normalized spacial score (nSPS) is 13.7. The zero-order chi connectivity index (χ0) is 15.6. The number of fused-ring (bicyclic) bond motifs is 1. The van der Waals surface area contributed by atoms with Gasteiger partial charge in [-0.25, -0.2) is 9.97 Å². The Kier molecular flexibility index (Phi) is 3.54. The van der Waals surface area contributed by atoms with Gasteiger partial charge >= 0.3 is 0 Å². The number of aromatic nitrogens is 2. The van der Waals surface area contributed by atoms with Crippen LogP contribution >= 0.6 is 0 Å². The zero-order valence-corrected chi connectivity index (χ0v) is 13.2. The van der Waals surface area contributed by atoms with Crippen LogP contribution in [0.5, 0.6) is 0 Å². The fourth-order valence-electron chi connectivity index (χ4n) is 3.05. The smallest absolute Gasteiger partial charge is 0.226 e. The van der Waals surface area contributed by atoms with Crippen molar-refractivity contribution in [3.63, 3.8) is 0 Å². The number of anilines is 1. The van der Waals surface area contributed by atoms with Crippen molar-refractivity contribution in [2.24, 2.45) is 0 Å². The highest BCUT2D eigenvalue weighted by Gasteiger charge is 2.18. The van der Waals surface area contributed by atoms with Gasteiger partial charge in [-0.2, -0.15) is 0 Å². The van der Waals surface area contributed by atoms with Crippen LogP contribution in [-0.4, -0.2) is 16.5 Å². The Morgan fingerprint density at radius 2 is 1.70 bits per heavy atom. The molecule has 0 bridgehead atoms. The molecule has 0 saturated carbocycles. The van der Waals surface area contributed by atoms with Gasteiger partial charge in [-0.15, -0.1) is 0 Å². The third-order valence-corrected chi connectivity index (χ3v) is 4.40. The first kappa shape index (κ1) is 13.9. The van der Waals surface area contributed by atoms with E-state index in [1.807, 2.05) is 12.3 Å². The molecule has 1 aliphatic rings. The molecule has 0 fully saturated rings. The van der Waals surface area contributed by atoms with Crippen molar-refractivity contribution in [2.75, 3.05) is 11.4 Å². The van der Waals surface area contributed by atoms with E-state index in [-0.39, 0.29) is 0 Å². The molecule has 0 radical (unpaired) electrons. The summed E-state index contributed by atoms with van der Waals surface area (Å²) in [5.41, 5.74) is 6.20. The molecule has 2 heterocycles. The highest BCUT2D eigenvalue weighted by molar-refractivity contribution is 5.60. The maximum Gasteiger partial charge on any atom is 0.226 e. The Labute approximate surface area is 136 Å². The molecule has 3 aromatic rings. The maximum absolute atomic E-state index is 4.78. The second kappa shape index (κ2) is 5.84. The van der Waals surface area contributed by atoms with Gasteiger partial charge in [0.05, 0.1) is 5.69 Å². The van der Waals surface area contributed by atoms with Gasteiger partial charge in [0.1, 0.15) is 0 Å². The summed E-state index contributed by atoms with van der Waals surface area (Å²) in [5, 5.41) is 0. The van der Waals surface area contributed by atoms with Crippen molar-refractivity contribution in [2.45, 2.75) is 19.9 Å². The summed E-state index contributed by atoms with van der Waals surface area (Å²) < 4.78 is 0. The molecule has 0 atom stereocenters. The Morgan fingerprint density at radius 3 is 2.52 bits per heavy atom. The van der Waals surface area contributed by atoms with Crippen LogP contribution in [0, 0.1) is 6.92 Å². The lowest BCUT2D eigenvalue weighted by Crippen LogP contribution is -2.31. The first-order chi connectivity index (χ1) is 11.3. The fraction of sp³-hybridized carbons (Fsp3) is 0.200. The van der Waals surface area contributed by atoms with Crippen molar-refractivity contribution in [3.8, 4) is 11.3 Å². The minimum atomic E-state index is 0.817. The molecule has 0 unspecified atom stereocenters. The molecule has 0 saturated heterocycles. The van der Waals surface area contributed by atoms with E-state index in [2.05, 4.69) is 65.3 Å². The van der Waals surface area contributed by atoms with Crippen LogP contribution in [0.25, 0.3) is 11.3 Å². The molecule has 3 heteroatoms. The number of rotatable bonds is 2. The molecule has 0 aliphatic carbocycles. The summed E-state index contributed by atoms with van der Waals surface area (Å²) >= 11 is 0. The predicted molar refractivity (Wildman–Crippen MR) is 93.4 cm³/mol. The largest absolute Gasteiger partial charge is 0.336 e. The van der Waals surface area contributed by atoms with Gasteiger partial charge in [0, 0.05) is 24.8 Å². The predicted octanol–water partition coefficient (Wildman–Crippen LogP) is 4.01. The third-order valence-electron chi connectivity index (χ3n) is 4.40. The fourth-order valence-corrected chi connectivity index (χ4v) is 3.05. The van der Waals surface area contributed by atoms with Crippen LogP contribution in [0.4, 0.5) is 5.95 Å². The van der Waals surface area contributed by atoms with Crippen molar-refractivity contribution >= 4 is 5.95 Å². The van der Waals surface area contributed by atoms with Gasteiger partial charge in [-0.05, 0) is 30.5 Å². The molecule has 1 aliphatic heterocycles. The summed E-state index contributed by atoms with van der Waals surface area (Å²) in [5.74, 6) is 0.817. The Hall–Kier alpha value is -2.68. The molecule has 0 spiro atoms. The number of aryl methyl sites for hydroxylation is 1. The molecule has 114 valence electrons. The van der Waals surface area contributed by atoms with Gasteiger partial charge in [0.25, 0.3) is 0 Å². The zero-order valence-electron chi connectivity index (χ0n) is 13.2. The average Bonchev–Trinajstić information content (AvgIpc) is 2.62. The van der Waals surface area contributed by atoms with Crippen LogP contribution in [-0.2, 0) is 13.0 Å². The minimum absolute atomic E-state index is 0.817. The van der Waals surface area contributed by atoms with Gasteiger partial charge in [-0.1, -0.05) is 54.1 Å². The lowest BCUT2D eigenvalue weighted by atomic mass is 10.0. The second-order valence-electron chi connectivity index (χ2n) is 6.05. The SMILES string of the molecule is Cc1ccc(-c2ccnc(N3CCc4ccccc4C3)n2)cc1. The lowest BCUT2D eigenvalue weighted by Gasteiger charge is -2.28. The highest BCUT2D eigenvalue weighted by atomic mass is 15.2. The van der Waals surface area contributed by atoms with E-state index in [1.54, 1.807) is 0 Å². The van der Waals surface area contributed by atoms with Gasteiger partial charge in [0.15, 0.2) is 0 Å². The van der Waals surface area contributed by atoms with E-state index in [0.29, 0.717) is 0 Å². The highest BCUT2D eigenvalue weighted by Crippen LogP contribution is 2.24. The first-order valence-corrected chi connectivity index (χ1v) is 8.01. The number of nitrogens with zero attached hydrogens (tertiary/aromatic N) is 3. The van der Waals surface area contributed by atoms with Crippen LogP contribution in [0.15, 0.2) is 60.8 Å². The molecule has 1 aromatic heterocycles. The quantitative estimate of drug-likeness (QED) is 0.716. The van der Waals surface area contributed by atoms with Crippen LogP contribution in [0.1, 0.15) is 16.7 Å². The van der Waals surface area contributed by atoms with Gasteiger partial charge < -0.3 is 4.90 Å². The van der Waals surface area contributed by atoms with E-state index in [1.165, 1.54) is 16.7 Å². The van der Waals surface area contributed by atoms with E-state index < -0.39 is 0 Å². The van der Waals surface area contributed by atoms with Crippen molar-refractivity contribution in [3.05, 3.63) is 77.5 Å². The van der Waals surface area contributed by atoms with Crippen molar-refractivity contribution in [1.29, 1.82) is 0 Å². The molecular weight excluding hydrogens is 282 g/mol. The first-order valence-electron chi connectivity index (χ1n) is 8.01. The van der Waals surface area contributed by atoms with E-state index in [0.717, 1.165) is 36.7 Å². The van der Waals surface area contributed by atoms with Crippen LogP contribution < -0.4 is 4.90 Å². The average molecular weight is 301 g/mol. The summed E-state index contributed by atoms with van der Waals surface area (Å²) in [6, 6.07) is 19.1. The van der Waals surface area contributed by atoms with E-state index >= 15 is 0 Å². The molecule has 23 heavy (non-hydrogen) atoms. The molecule has 0 amide bonds. The van der Waals surface area contributed by atoms with Crippen molar-refractivity contribution < 1.29 is 0 Å². The maximum atomic E-state index is 4.78. The molecule has 0 N–H and O–H groups in total. The van der Waals surface area contributed by atoms with Crippen LogP contribution in [0.3, 0.4) is 0 Å². The number of benzene rings is 2. The molecule has 4 rings (SSSR count). The number of hydrogen-bond acceptors (Lipinski definition) is 3. The monoisotopic (exact) mass is 301 g/mol. The lowest BCUT2D eigenvalue weighted by molar-refractivity contribution is 0.708. The molecule has 3 nitrogen and oxygen atoms in total.